The summed E-state index contributed by atoms with van der Waals surface area (Å²) in [5.74, 6) is 1.77. The van der Waals surface area contributed by atoms with Crippen molar-refractivity contribution in [3.05, 3.63) is 52.2 Å². The van der Waals surface area contributed by atoms with E-state index in [1.165, 1.54) is 30.8 Å². The van der Waals surface area contributed by atoms with Gasteiger partial charge >= 0.3 is 0 Å². The number of benzene rings is 1. The summed E-state index contributed by atoms with van der Waals surface area (Å²) >= 11 is 1.84. The van der Waals surface area contributed by atoms with Crippen LogP contribution in [-0.2, 0) is 6.54 Å². The van der Waals surface area contributed by atoms with Crippen LogP contribution in [0.1, 0.15) is 36.2 Å². The van der Waals surface area contributed by atoms with E-state index in [9.17, 15) is 0 Å². The number of rotatable bonds is 11. The standard InChI is InChI=1S/C24H37N5OS.HI/c1-4-25-24(26-18-20-9-7-10-21(17-20)30-15-14-28(2)3)27-19-22(23-11-8-16-31-23)29-12-5-6-13-29;/h7-11,16-17,22H,4-6,12-15,18-19H2,1-3H3,(H2,25,26,27);1H. The predicted octanol–water partition coefficient (Wildman–Crippen LogP) is 4.20. The molecule has 6 nitrogen and oxygen atoms in total. The van der Waals surface area contributed by atoms with Gasteiger partial charge in [-0.15, -0.1) is 35.3 Å². The first-order chi connectivity index (χ1) is 15.2. The van der Waals surface area contributed by atoms with E-state index in [0.717, 1.165) is 36.9 Å². The van der Waals surface area contributed by atoms with Crippen LogP contribution in [0.25, 0.3) is 0 Å². The SMILES string of the molecule is CCNC(=NCc1cccc(OCCN(C)C)c1)NCC(c1cccs1)N1CCCC1.I. The van der Waals surface area contributed by atoms with E-state index >= 15 is 0 Å². The fourth-order valence-electron chi connectivity index (χ4n) is 3.73. The largest absolute Gasteiger partial charge is 0.492 e. The normalized spacial score (nSPS) is 15.4. The zero-order chi connectivity index (χ0) is 21.9. The van der Waals surface area contributed by atoms with Gasteiger partial charge in [-0.05, 0) is 76.1 Å². The average molecular weight is 572 g/mol. The third kappa shape index (κ3) is 8.88. The molecule has 2 aromatic rings. The number of aliphatic imine (C=N–C) groups is 1. The fraction of sp³-hybridized carbons (Fsp3) is 0.542. The summed E-state index contributed by atoms with van der Waals surface area (Å²) in [4.78, 5) is 11.0. The van der Waals surface area contributed by atoms with Gasteiger partial charge in [-0.3, -0.25) is 4.90 Å². The zero-order valence-electron chi connectivity index (χ0n) is 19.5. The summed E-state index contributed by atoms with van der Waals surface area (Å²) in [6.07, 6.45) is 2.59. The third-order valence-corrected chi connectivity index (χ3v) is 6.36. The van der Waals surface area contributed by atoms with Crippen LogP contribution in [0.4, 0.5) is 0 Å². The number of guanidine groups is 1. The van der Waals surface area contributed by atoms with Crippen molar-refractivity contribution in [2.45, 2.75) is 32.4 Å². The minimum atomic E-state index is 0. The van der Waals surface area contributed by atoms with E-state index in [0.29, 0.717) is 19.2 Å². The first kappa shape index (κ1) is 26.9. The number of likely N-dealkylation sites (tertiary alicyclic amines) is 1. The minimum Gasteiger partial charge on any atom is -0.492 e. The van der Waals surface area contributed by atoms with Gasteiger partial charge in [0, 0.05) is 24.5 Å². The van der Waals surface area contributed by atoms with Crippen molar-refractivity contribution in [2.75, 3.05) is 53.4 Å². The summed E-state index contributed by atoms with van der Waals surface area (Å²) in [5, 5.41) is 9.15. The number of halogens is 1. The fourth-order valence-corrected chi connectivity index (χ4v) is 4.59. The van der Waals surface area contributed by atoms with Crippen LogP contribution in [0.2, 0.25) is 0 Å². The monoisotopic (exact) mass is 571 g/mol. The second-order valence-electron chi connectivity index (χ2n) is 8.15. The van der Waals surface area contributed by atoms with Gasteiger partial charge < -0.3 is 20.3 Å². The Balaban J connectivity index is 0.00000363. The van der Waals surface area contributed by atoms with Gasteiger partial charge in [-0.1, -0.05) is 18.2 Å². The molecule has 2 N–H and O–H groups in total. The molecule has 0 bridgehead atoms. The number of hydrogen-bond donors (Lipinski definition) is 2. The Bertz CT molecular complexity index is 793. The summed E-state index contributed by atoms with van der Waals surface area (Å²) in [6.45, 7) is 8.37. The Morgan fingerprint density at radius 3 is 2.69 bits per heavy atom. The molecule has 0 radical (unpaired) electrons. The van der Waals surface area contributed by atoms with Gasteiger partial charge in [0.2, 0.25) is 0 Å². The second kappa shape index (κ2) is 14.7. The summed E-state index contributed by atoms with van der Waals surface area (Å²) in [7, 11) is 4.10. The van der Waals surface area contributed by atoms with Crippen LogP contribution in [-0.4, -0.2) is 69.2 Å². The van der Waals surface area contributed by atoms with E-state index in [1.54, 1.807) is 0 Å². The highest BCUT2D eigenvalue weighted by Crippen LogP contribution is 2.27. The first-order valence-electron chi connectivity index (χ1n) is 11.3. The molecule has 178 valence electrons. The number of nitrogens with zero attached hydrogens (tertiary/aromatic N) is 3. The van der Waals surface area contributed by atoms with Crippen molar-refractivity contribution >= 4 is 41.3 Å². The van der Waals surface area contributed by atoms with Crippen molar-refractivity contribution in [3.63, 3.8) is 0 Å². The highest BCUT2D eigenvalue weighted by Gasteiger charge is 2.24. The number of likely N-dealkylation sites (N-methyl/N-ethyl adjacent to an activating group) is 1. The Labute approximate surface area is 214 Å². The van der Waals surface area contributed by atoms with Gasteiger partial charge in [0.1, 0.15) is 12.4 Å². The third-order valence-electron chi connectivity index (χ3n) is 5.39. The molecule has 1 unspecified atom stereocenters. The lowest BCUT2D eigenvalue weighted by Gasteiger charge is -2.27. The van der Waals surface area contributed by atoms with Gasteiger partial charge in [-0.25, -0.2) is 4.99 Å². The maximum Gasteiger partial charge on any atom is 0.191 e. The van der Waals surface area contributed by atoms with Crippen LogP contribution in [0.15, 0.2) is 46.8 Å². The second-order valence-corrected chi connectivity index (χ2v) is 9.13. The molecule has 1 aromatic carbocycles. The Hall–Kier alpha value is -1.36. The average Bonchev–Trinajstić information content (AvgIpc) is 3.47. The number of thiophene rings is 1. The van der Waals surface area contributed by atoms with Crippen molar-refractivity contribution in [1.29, 1.82) is 0 Å². The van der Waals surface area contributed by atoms with Gasteiger partial charge in [0.15, 0.2) is 5.96 Å². The molecule has 1 fully saturated rings. The molecule has 0 amide bonds. The maximum absolute atomic E-state index is 5.86. The maximum atomic E-state index is 5.86. The van der Waals surface area contributed by atoms with Crippen LogP contribution in [0.5, 0.6) is 5.75 Å². The molecular weight excluding hydrogens is 533 g/mol. The first-order valence-corrected chi connectivity index (χ1v) is 12.2. The topological polar surface area (TPSA) is 52.1 Å². The van der Waals surface area contributed by atoms with Gasteiger partial charge in [0.25, 0.3) is 0 Å². The highest BCUT2D eigenvalue weighted by atomic mass is 127. The molecule has 0 saturated carbocycles. The molecule has 0 aliphatic carbocycles. The molecule has 1 aliphatic rings. The smallest absolute Gasteiger partial charge is 0.191 e. The molecule has 0 spiro atoms. The van der Waals surface area contributed by atoms with E-state index in [1.807, 2.05) is 23.5 Å². The van der Waals surface area contributed by atoms with Crippen molar-refractivity contribution in [1.82, 2.24) is 20.4 Å². The molecule has 3 rings (SSSR count). The lowest BCUT2D eigenvalue weighted by atomic mass is 10.2. The Kier molecular flexibility index (Phi) is 12.4. The van der Waals surface area contributed by atoms with Crippen molar-refractivity contribution in [2.24, 2.45) is 4.99 Å². The quantitative estimate of drug-likeness (QED) is 0.241. The molecule has 1 atom stereocenters. The summed E-state index contributed by atoms with van der Waals surface area (Å²) in [5.41, 5.74) is 1.15. The zero-order valence-corrected chi connectivity index (χ0v) is 22.7. The van der Waals surface area contributed by atoms with E-state index in [2.05, 4.69) is 71.1 Å². The summed E-state index contributed by atoms with van der Waals surface area (Å²) < 4.78 is 5.86. The molecule has 1 saturated heterocycles. The van der Waals surface area contributed by atoms with E-state index < -0.39 is 0 Å². The van der Waals surface area contributed by atoms with Crippen LogP contribution in [0, 0.1) is 0 Å². The molecule has 32 heavy (non-hydrogen) atoms. The molecule has 1 aliphatic heterocycles. The van der Waals surface area contributed by atoms with Gasteiger partial charge in [0.05, 0.1) is 12.6 Å². The highest BCUT2D eigenvalue weighted by molar-refractivity contribution is 14.0. The van der Waals surface area contributed by atoms with Crippen LogP contribution in [0.3, 0.4) is 0 Å². The number of hydrogen-bond acceptors (Lipinski definition) is 5. The van der Waals surface area contributed by atoms with Crippen LogP contribution < -0.4 is 15.4 Å². The van der Waals surface area contributed by atoms with Crippen LogP contribution >= 0.6 is 35.3 Å². The molecule has 2 heterocycles. The predicted molar refractivity (Wildman–Crippen MR) is 147 cm³/mol. The van der Waals surface area contributed by atoms with Crippen molar-refractivity contribution < 1.29 is 4.74 Å². The Morgan fingerprint density at radius 2 is 2.00 bits per heavy atom. The van der Waals surface area contributed by atoms with E-state index in [4.69, 9.17) is 9.73 Å². The van der Waals surface area contributed by atoms with Crippen molar-refractivity contribution in [3.8, 4) is 5.75 Å². The number of ether oxygens (including phenoxy) is 1. The minimum absolute atomic E-state index is 0. The molecular formula is C24H38IN5OS. The Morgan fingerprint density at radius 1 is 1.19 bits per heavy atom. The summed E-state index contributed by atoms with van der Waals surface area (Å²) in [6, 6.07) is 13.0. The lowest BCUT2D eigenvalue weighted by molar-refractivity contribution is 0.249. The van der Waals surface area contributed by atoms with E-state index in [-0.39, 0.29) is 24.0 Å². The molecule has 1 aromatic heterocycles. The number of nitrogens with one attached hydrogen (secondary N) is 2. The molecule has 8 heteroatoms. The van der Waals surface area contributed by atoms with Gasteiger partial charge in [-0.2, -0.15) is 0 Å². The lowest BCUT2D eigenvalue weighted by Crippen LogP contribution is -2.42.